The number of ether oxygens (including phenoxy) is 2. The molecule has 3 heterocycles. The van der Waals surface area contributed by atoms with Crippen LogP contribution in [0.25, 0.3) is 0 Å². The topological polar surface area (TPSA) is 419 Å². The summed E-state index contributed by atoms with van der Waals surface area (Å²) < 4.78 is 47.6. The lowest BCUT2D eigenvalue weighted by atomic mass is 9.99. The number of nitrogens with one attached hydrogen (secondary N) is 1. The molecule has 0 radical (unpaired) electrons. The van der Waals surface area contributed by atoms with Crippen LogP contribution in [0.4, 0.5) is 0 Å². The second-order valence-electron chi connectivity index (χ2n) is 7.72. The SMILES string of the molecule is N.N.N.O=C(O)C1OC(OP(=O)(O)OP(=O)(O)OCC2OC(n3ccc(=O)[nH]c3=O)C(O)C2O)C(O)C(O)C1O. The Kier molecular flexibility index (Phi) is 13.6. The summed E-state index contributed by atoms with van der Waals surface area (Å²) in [5.41, 5.74) is -1.78. The van der Waals surface area contributed by atoms with Crippen molar-refractivity contribution in [2.45, 2.75) is 55.2 Å². The van der Waals surface area contributed by atoms with Gasteiger partial charge < -0.3 is 68.4 Å². The number of aliphatic carboxylic acids is 1. The maximum atomic E-state index is 12.2. The van der Waals surface area contributed by atoms with Gasteiger partial charge >= 0.3 is 27.3 Å². The summed E-state index contributed by atoms with van der Waals surface area (Å²) in [5.74, 6) is -1.85. The molecule has 1 aromatic heterocycles. The lowest BCUT2D eigenvalue weighted by Gasteiger charge is -2.38. The molecule has 0 spiro atoms. The molecule has 2 aliphatic rings. The number of nitrogens with zero attached hydrogens (tertiary/aromatic N) is 1. The number of hydrogen-bond acceptors (Lipinski definition) is 18. The number of aromatic nitrogens is 2. The van der Waals surface area contributed by atoms with Gasteiger partial charge in [0.05, 0.1) is 6.61 Å². The number of rotatable bonds is 9. The van der Waals surface area contributed by atoms with Crippen molar-refractivity contribution >= 4 is 21.6 Å². The fourth-order valence-corrected chi connectivity index (χ4v) is 5.49. The fourth-order valence-electron chi connectivity index (χ4n) is 3.34. The second-order valence-corrected chi connectivity index (χ2v) is 10.7. The number of carboxylic acid groups (broad SMARTS) is 1. The molecule has 23 nitrogen and oxygen atoms in total. The van der Waals surface area contributed by atoms with Crippen molar-refractivity contribution in [3.63, 3.8) is 0 Å². The van der Waals surface area contributed by atoms with E-state index in [-0.39, 0.29) is 18.5 Å². The number of phosphoric acid groups is 2. The first-order chi connectivity index (χ1) is 17.0. The lowest BCUT2D eigenvalue weighted by molar-refractivity contribution is -0.274. The Hall–Kier alpha value is -1.99. The number of aliphatic hydroxyl groups is 5. The lowest BCUT2D eigenvalue weighted by Crippen LogP contribution is -2.60. The summed E-state index contributed by atoms with van der Waals surface area (Å²) in [4.78, 5) is 55.5. The van der Waals surface area contributed by atoms with Crippen molar-refractivity contribution in [3.05, 3.63) is 33.1 Å². The number of phosphoric ester groups is 2. The quantitative estimate of drug-likeness (QED) is 0.115. The number of aliphatic hydroxyl groups excluding tert-OH is 5. The van der Waals surface area contributed by atoms with Gasteiger partial charge in [-0.25, -0.2) is 18.7 Å². The van der Waals surface area contributed by atoms with E-state index in [1.54, 1.807) is 0 Å². The summed E-state index contributed by atoms with van der Waals surface area (Å²) in [6.07, 6.45) is -17.2. The third kappa shape index (κ3) is 8.51. The minimum atomic E-state index is -5.72. The van der Waals surface area contributed by atoms with E-state index >= 15 is 0 Å². The molecular formula is C15H31N5O18P2. The van der Waals surface area contributed by atoms with Crippen molar-refractivity contribution in [3.8, 4) is 0 Å². The number of H-pyrrole nitrogens is 1. The van der Waals surface area contributed by atoms with Crippen molar-refractivity contribution in [2.24, 2.45) is 0 Å². The van der Waals surface area contributed by atoms with Crippen LogP contribution in [0.1, 0.15) is 6.23 Å². The van der Waals surface area contributed by atoms with Crippen LogP contribution in [-0.2, 0) is 36.8 Å². The predicted molar refractivity (Wildman–Crippen MR) is 124 cm³/mol. The van der Waals surface area contributed by atoms with E-state index in [0.29, 0.717) is 4.57 Å². The van der Waals surface area contributed by atoms with Gasteiger partial charge in [0.15, 0.2) is 18.6 Å². The summed E-state index contributed by atoms with van der Waals surface area (Å²) in [6, 6.07) is 0.910. The highest BCUT2D eigenvalue weighted by Gasteiger charge is 2.51. The molecule has 0 aromatic carbocycles. The van der Waals surface area contributed by atoms with Gasteiger partial charge in [-0.1, -0.05) is 0 Å². The molecule has 234 valence electrons. The summed E-state index contributed by atoms with van der Waals surface area (Å²) in [6.45, 7) is -1.07. The number of aromatic amines is 1. The normalized spacial score (nSPS) is 34.7. The first-order valence-corrected chi connectivity index (χ1v) is 13.0. The molecule has 18 N–H and O–H groups in total. The van der Waals surface area contributed by atoms with Gasteiger partial charge in [0.2, 0.25) is 0 Å². The van der Waals surface area contributed by atoms with Gasteiger partial charge in [0, 0.05) is 12.3 Å². The molecule has 11 unspecified atom stereocenters. The van der Waals surface area contributed by atoms with Gasteiger partial charge in [-0.3, -0.25) is 23.4 Å². The summed E-state index contributed by atoms with van der Waals surface area (Å²) >= 11 is 0. The molecule has 0 aliphatic carbocycles. The van der Waals surface area contributed by atoms with Crippen LogP contribution in [0.15, 0.2) is 21.9 Å². The van der Waals surface area contributed by atoms with Gasteiger partial charge in [0.25, 0.3) is 5.56 Å². The molecule has 3 rings (SSSR count). The van der Waals surface area contributed by atoms with Crippen LogP contribution in [0.2, 0.25) is 0 Å². The summed E-state index contributed by atoms with van der Waals surface area (Å²) in [5, 5.41) is 58.3. The predicted octanol–water partition coefficient (Wildman–Crippen LogP) is -4.22. The smallest absolute Gasteiger partial charge is 0.479 e. The van der Waals surface area contributed by atoms with Gasteiger partial charge in [-0.2, -0.15) is 4.31 Å². The van der Waals surface area contributed by atoms with Crippen molar-refractivity contribution in [1.82, 2.24) is 28.0 Å². The second kappa shape index (κ2) is 14.3. The summed E-state index contributed by atoms with van der Waals surface area (Å²) in [7, 11) is -11.3. The minimum Gasteiger partial charge on any atom is -0.479 e. The van der Waals surface area contributed by atoms with E-state index < -0.39 is 94.7 Å². The Bertz CT molecular complexity index is 1210. The van der Waals surface area contributed by atoms with Gasteiger partial charge in [0.1, 0.15) is 36.6 Å². The standard InChI is InChI=1S/C15H22N2O18P2.3H3N/c18-5-1-2-17(15(26)16-5)12-9(22)6(19)4(32-12)3-31-36(27,28)35-37(29,30)34-14-10(23)7(20)8(21)11(33-14)13(24)25;;;/h1-2,4,6-12,14,19-23H,3H2,(H,24,25)(H,27,28)(H,29,30)(H,16,18,26);3*1H3. The van der Waals surface area contributed by atoms with Crippen LogP contribution in [0.3, 0.4) is 0 Å². The van der Waals surface area contributed by atoms with E-state index in [0.717, 1.165) is 12.3 Å². The van der Waals surface area contributed by atoms with Crippen LogP contribution in [0.5, 0.6) is 0 Å². The van der Waals surface area contributed by atoms with E-state index in [4.69, 9.17) is 9.84 Å². The molecule has 0 saturated carbocycles. The monoisotopic (exact) mass is 631 g/mol. The van der Waals surface area contributed by atoms with Crippen LogP contribution in [-0.4, -0.2) is 112 Å². The minimum absolute atomic E-state index is 0. The third-order valence-corrected chi connectivity index (χ3v) is 7.72. The fraction of sp³-hybridized carbons (Fsp3) is 0.667. The maximum Gasteiger partial charge on any atom is 0.483 e. The largest absolute Gasteiger partial charge is 0.483 e. The number of carbonyl (C=O) groups is 1. The molecule has 1 aromatic rings. The number of carboxylic acids is 1. The Labute approximate surface area is 222 Å². The first kappa shape index (κ1) is 38.0. The van der Waals surface area contributed by atoms with Gasteiger partial charge in [-0.05, 0) is 0 Å². The van der Waals surface area contributed by atoms with Crippen LogP contribution >= 0.6 is 15.6 Å². The highest BCUT2D eigenvalue weighted by atomic mass is 31.3. The Morgan fingerprint density at radius 2 is 1.52 bits per heavy atom. The zero-order valence-electron chi connectivity index (χ0n) is 20.2. The Balaban J connectivity index is 0.00000507. The highest BCUT2D eigenvalue weighted by molar-refractivity contribution is 7.61. The molecule has 0 amide bonds. The van der Waals surface area contributed by atoms with Crippen molar-refractivity contribution in [1.29, 1.82) is 0 Å². The molecule has 25 heteroatoms. The third-order valence-electron chi connectivity index (χ3n) is 5.12. The Morgan fingerprint density at radius 1 is 0.925 bits per heavy atom. The molecule has 2 saturated heterocycles. The maximum absolute atomic E-state index is 12.2. The molecule has 40 heavy (non-hydrogen) atoms. The first-order valence-electron chi connectivity index (χ1n) is 9.98. The average Bonchev–Trinajstić information content (AvgIpc) is 3.05. The molecule has 2 fully saturated rings. The van der Waals surface area contributed by atoms with E-state index in [1.807, 2.05) is 4.98 Å². The highest BCUT2D eigenvalue weighted by Crippen LogP contribution is 2.61. The molecule has 0 bridgehead atoms. The Morgan fingerprint density at radius 3 is 2.08 bits per heavy atom. The molecule has 11 atom stereocenters. The van der Waals surface area contributed by atoms with Crippen molar-refractivity contribution < 1.29 is 77.2 Å². The van der Waals surface area contributed by atoms with Crippen LogP contribution in [0, 0.1) is 0 Å². The van der Waals surface area contributed by atoms with Crippen molar-refractivity contribution in [2.75, 3.05) is 6.61 Å². The average molecular weight is 631 g/mol. The van der Waals surface area contributed by atoms with Gasteiger partial charge in [-0.15, -0.1) is 0 Å². The molecular weight excluding hydrogens is 600 g/mol. The number of hydrogen-bond donors (Lipinski definition) is 12. The van der Waals surface area contributed by atoms with E-state index in [2.05, 4.69) is 18.1 Å². The van der Waals surface area contributed by atoms with E-state index in [1.165, 1.54) is 0 Å². The molecule has 2 aliphatic heterocycles. The zero-order chi connectivity index (χ0) is 27.9. The van der Waals surface area contributed by atoms with E-state index in [9.17, 15) is 58.8 Å². The van der Waals surface area contributed by atoms with Crippen LogP contribution < -0.4 is 29.7 Å². The zero-order valence-corrected chi connectivity index (χ0v) is 22.0.